The number of likely N-dealkylation sites (tertiary alicyclic amines) is 1. The normalized spacial score (nSPS) is 14.8. The van der Waals surface area contributed by atoms with Gasteiger partial charge in [0.15, 0.2) is 0 Å². The predicted molar refractivity (Wildman–Crippen MR) is 92.4 cm³/mol. The number of hydrogen-bond donors (Lipinski definition) is 2. The van der Waals surface area contributed by atoms with Crippen molar-refractivity contribution in [1.29, 1.82) is 0 Å². The maximum atomic E-state index is 12.3. The van der Waals surface area contributed by atoms with Gasteiger partial charge in [-0.1, -0.05) is 0 Å². The Morgan fingerprint density at radius 3 is 2.40 bits per heavy atom. The van der Waals surface area contributed by atoms with Gasteiger partial charge in [0.25, 0.3) is 0 Å². The highest BCUT2D eigenvalue weighted by molar-refractivity contribution is 5.92. The number of carboxylic acids is 1. The van der Waals surface area contributed by atoms with Gasteiger partial charge in [-0.3, -0.25) is 14.4 Å². The number of anilines is 1. The molecule has 25 heavy (non-hydrogen) atoms. The number of carbonyl (C=O) groups excluding carboxylic acids is 2. The summed E-state index contributed by atoms with van der Waals surface area (Å²) >= 11 is 0. The van der Waals surface area contributed by atoms with Crippen molar-refractivity contribution in [2.24, 2.45) is 5.92 Å². The Morgan fingerprint density at radius 2 is 1.84 bits per heavy atom. The Hall–Kier alpha value is -2.57. The van der Waals surface area contributed by atoms with Crippen molar-refractivity contribution in [2.75, 3.05) is 25.0 Å². The van der Waals surface area contributed by atoms with E-state index >= 15 is 0 Å². The van der Waals surface area contributed by atoms with Gasteiger partial charge in [-0.05, 0) is 43.5 Å². The molecule has 1 fully saturated rings. The molecule has 1 aromatic carbocycles. The lowest BCUT2D eigenvalue weighted by Crippen LogP contribution is -2.40. The predicted octanol–water partition coefficient (Wildman–Crippen LogP) is 2.13. The molecule has 2 rings (SSSR count). The molecule has 0 atom stereocenters. The highest BCUT2D eigenvalue weighted by Crippen LogP contribution is 2.21. The number of piperidine rings is 1. The van der Waals surface area contributed by atoms with Crippen LogP contribution in [0.5, 0.6) is 5.75 Å². The van der Waals surface area contributed by atoms with Crippen molar-refractivity contribution in [1.82, 2.24) is 4.90 Å². The quantitative estimate of drug-likeness (QED) is 0.736. The first-order valence-corrected chi connectivity index (χ1v) is 8.46. The minimum absolute atomic E-state index is 0.0293. The molecule has 0 unspecified atom stereocenters. The van der Waals surface area contributed by atoms with Crippen LogP contribution in [0.25, 0.3) is 0 Å². The standard InChI is InChI=1S/C18H24N2O5/c1-13(21)20-10-8-14(9-11-20)18(24)19-15-4-6-16(7-5-15)25-12-2-3-17(22)23/h4-7,14H,2-3,8-12H2,1H3,(H,19,24)(H,22,23). The van der Waals surface area contributed by atoms with Crippen LogP contribution in [-0.4, -0.2) is 47.5 Å². The van der Waals surface area contributed by atoms with E-state index in [4.69, 9.17) is 9.84 Å². The molecule has 0 bridgehead atoms. The summed E-state index contributed by atoms with van der Waals surface area (Å²) in [5.74, 6) is -0.257. The van der Waals surface area contributed by atoms with Crippen molar-refractivity contribution in [3.63, 3.8) is 0 Å². The Kier molecular flexibility index (Phi) is 6.80. The zero-order valence-corrected chi connectivity index (χ0v) is 14.4. The third kappa shape index (κ3) is 6.10. The molecule has 0 aliphatic carbocycles. The molecule has 0 aromatic heterocycles. The van der Waals surface area contributed by atoms with Gasteiger partial charge in [-0.25, -0.2) is 0 Å². The number of amides is 2. The van der Waals surface area contributed by atoms with Gasteiger partial charge in [0.1, 0.15) is 5.75 Å². The van der Waals surface area contributed by atoms with E-state index in [1.807, 2.05) is 0 Å². The van der Waals surface area contributed by atoms with Crippen LogP contribution in [0.4, 0.5) is 5.69 Å². The lowest BCUT2D eigenvalue weighted by atomic mass is 9.96. The molecule has 1 aliphatic heterocycles. The SMILES string of the molecule is CC(=O)N1CCC(C(=O)Nc2ccc(OCCCC(=O)O)cc2)CC1. The smallest absolute Gasteiger partial charge is 0.303 e. The van der Waals surface area contributed by atoms with E-state index in [9.17, 15) is 14.4 Å². The number of benzene rings is 1. The van der Waals surface area contributed by atoms with Gasteiger partial charge in [0, 0.05) is 38.0 Å². The number of hydrogen-bond acceptors (Lipinski definition) is 4. The van der Waals surface area contributed by atoms with Crippen molar-refractivity contribution in [3.05, 3.63) is 24.3 Å². The van der Waals surface area contributed by atoms with Gasteiger partial charge < -0.3 is 20.1 Å². The van der Waals surface area contributed by atoms with Crippen molar-refractivity contribution < 1.29 is 24.2 Å². The second-order valence-electron chi connectivity index (χ2n) is 6.14. The van der Waals surface area contributed by atoms with E-state index < -0.39 is 5.97 Å². The minimum atomic E-state index is -0.837. The Labute approximate surface area is 147 Å². The molecule has 136 valence electrons. The summed E-state index contributed by atoms with van der Waals surface area (Å²) in [6, 6.07) is 7.01. The molecule has 2 N–H and O–H groups in total. The topological polar surface area (TPSA) is 95.9 Å². The fourth-order valence-corrected chi connectivity index (χ4v) is 2.75. The van der Waals surface area contributed by atoms with Crippen LogP contribution < -0.4 is 10.1 Å². The summed E-state index contributed by atoms with van der Waals surface area (Å²) in [4.78, 5) is 35.8. The first-order chi connectivity index (χ1) is 12.0. The number of carboxylic acid groups (broad SMARTS) is 1. The fraction of sp³-hybridized carbons (Fsp3) is 0.500. The summed E-state index contributed by atoms with van der Waals surface area (Å²) in [6.07, 6.45) is 1.88. The molecular weight excluding hydrogens is 324 g/mol. The fourth-order valence-electron chi connectivity index (χ4n) is 2.75. The highest BCUT2D eigenvalue weighted by Gasteiger charge is 2.25. The van der Waals surface area contributed by atoms with Crippen molar-refractivity contribution in [2.45, 2.75) is 32.6 Å². The molecule has 2 amide bonds. The van der Waals surface area contributed by atoms with Gasteiger partial charge in [-0.15, -0.1) is 0 Å². The molecule has 1 heterocycles. The molecule has 1 saturated heterocycles. The summed E-state index contributed by atoms with van der Waals surface area (Å²) in [7, 11) is 0. The zero-order chi connectivity index (χ0) is 18.2. The highest BCUT2D eigenvalue weighted by atomic mass is 16.5. The van der Waals surface area contributed by atoms with Crippen LogP contribution in [0.3, 0.4) is 0 Å². The molecule has 0 spiro atoms. The van der Waals surface area contributed by atoms with Crippen molar-refractivity contribution in [3.8, 4) is 5.75 Å². The first-order valence-electron chi connectivity index (χ1n) is 8.46. The molecular formula is C18H24N2O5. The number of carbonyl (C=O) groups is 3. The molecule has 7 heteroatoms. The van der Waals surface area contributed by atoms with Crippen molar-refractivity contribution >= 4 is 23.5 Å². The number of nitrogens with one attached hydrogen (secondary N) is 1. The number of ether oxygens (including phenoxy) is 1. The molecule has 1 aliphatic rings. The molecule has 7 nitrogen and oxygen atoms in total. The van der Waals surface area contributed by atoms with Crippen LogP contribution in [0.2, 0.25) is 0 Å². The van der Waals surface area contributed by atoms with Crippen LogP contribution >= 0.6 is 0 Å². The Morgan fingerprint density at radius 1 is 1.20 bits per heavy atom. The number of rotatable bonds is 7. The summed E-state index contributed by atoms with van der Waals surface area (Å²) in [5, 5.41) is 11.5. The lowest BCUT2D eigenvalue weighted by molar-refractivity contribution is -0.137. The third-order valence-corrected chi connectivity index (χ3v) is 4.24. The number of nitrogens with zero attached hydrogens (tertiary/aromatic N) is 1. The second-order valence-corrected chi connectivity index (χ2v) is 6.14. The minimum Gasteiger partial charge on any atom is -0.494 e. The second kappa shape index (κ2) is 9.05. The molecule has 0 radical (unpaired) electrons. The lowest BCUT2D eigenvalue weighted by Gasteiger charge is -2.30. The van der Waals surface area contributed by atoms with E-state index in [0.29, 0.717) is 50.4 Å². The molecule has 0 saturated carbocycles. The Balaban J connectivity index is 1.76. The monoisotopic (exact) mass is 348 g/mol. The Bertz CT molecular complexity index is 606. The van der Waals surface area contributed by atoms with E-state index in [2.05, 4.69) is 5.32 Å². The van der Waals surface area contributed by atoms with E-state index in [1.165, 1.54) is 0 Å². The van der Waals surface area contributed by atoms with E-state index in [-0.39, 0.29) is 24.2 Å². The van der Waals surface area contributed by atoms with E-state index in [1.54, 1.807) is 36.1 Å². The molecule has 1 aromatic rings. The average Bonchev–Trinajstić information content (AvgIpc) is 2.60. The van der Waals surface area contributed by atoms with Gasteiger partial charge in [0.2, 0.25) is 11.8 Å². The zero-order valence-electron chi connectivity index (χ0n) is 14.4. The largest absolute Gasteiger partial charge is 0.494 e. The summed E-state index contributed by atoms with van der Waals surface area (Å²) in [6.45, 7) is 3.13. The maximum Gasteiger partial charge on any atom is 0.303 e. The van der Waals surface area contributed by atoms with Gasteiger partial charge in [-0.2, -0.15) is 0 Å². The average molecular weight is 348 g/mol. The number of aliphatic carboxylic acids is 1. The maximum absolute atomic E-state index is 12.3. The first kappa shape index (κ1) is 18.8. The van der Waals surface area contributed by atoms with Gasteiger partial charge in [0.05, 0.1) is 6.61 Å². The summed E-state index contributed by atoms with van der Waals surface area (Å²) < 4.78 is 5.45. The van der Waals surface area contributed by atoms with Crippen LogP contribution in [0, 0.1) is 5.92 Å². The van der Waals surface area contributed by atoms with Gasteiger partial charge >= 0.3 is 5.97 Å². The third-order valence-electron chi connectivity index (χ3n) is 4.24. The van der Waals surface area contributed by atoms with Crippen LogP contribution in [0.1, 0.15) is 32.6 Å². The van der Waals surface area contributed by atoms with E-state index in [0.717, 1.165) is 0 Å². The van der Waals surface area contributed by atoms with Crippen LogP contribution in [0.15, 0.2) is 24.3 Å². The van der Waals surface area contributed by atoms with Crippen LogP contribution in [-0.2, 0) is 14.4 Å². The summed E-state index contributed by atoms with van der Waals surface area (Å²) in [5.41, 5.74) is 0.692.